The van der Waals surface area contributed by atoms with Crippen molar-refractivity contribution in [3.63, 3.8) is 0 Å². The monoisotopic (exact) mass is 340 g/mol. The van der Waals surface area contributed by atoms with Crippen molar-refractivity contribution >= 4 is 11.8 Å². The maximum absolute atomic E-state index is 12.6. The summed E-state index contributed by atoms with van der Waals surface area (Å²) < 4.78 is 5.57. The molecule has 0 aliphatic carbocycles. The van der Waals surface area contributed by atoms with Gasteiger partial charge in [0.05, 0.1) is 13.2 Å². The molecule has 0 unspecified atom stereocenters. The van der Waals surface area contributed by atoms with Crippen molar-refractivity contribution in [2.45, 2.75) is 60.9 Å². The lowest BCUT2D eigenvalue weighted by molar-refractivity contribution is -0.135. The predicted molar refractivity (Wildman–Crippen MR) is 98.7 cm³/mol. The van der Waals surface area contributed by atoms with Gasteiger partial charge in [0.1, 0.15) is 6.04 Å². The van der Waals surface area contributed by atoms with Crippen molar-refractivity contribution in [1.29, 1.82) is 0 Å². The number of rotatable bonds is 8. The summed E-state index contributed by atoms with van der Waals surface area (Å²) in [6.07, 6.45) is 4.26. The molecule has 0 aromatic rings. The van der Waals surface area contributed by atoms with Crippen LogP contribution in [-0.2, 0) is 14.3 Å². The Morgan fingerprint density at radius 1 is 1.08 bits per heavy atom. The second kappa shape index (κ2) is 9.82. The van der Waals surface area contributed by atoms with Crippen LogP contribution < -0.4 is 5.32 Å². The molecule has 0 fully saturated rings. The van der Waals surface area contributed by atoms with E-state index in [4.69, 9.17) is 4.74 Å². The third kappa shape index (κ3) is 12.1. The number of nitrogens with one attached hydrogen (secondary N) is 1. The Labute approximate surface area is 147 Å². The molecule has 0 saturated carbocycles. The summed E-state index contributed by atoms with van der Waals surface area (Å²) in [5.74, 6) is -0.268. The number of hydrogen-bond acceptors (Lipinski definition) is 3. The predicted octanol–water partition coefficient (Wildman–Crippen LogP) is 3.00. The van der Waals surface area contributed by atoms with Crippen LogP contribution in [0, 0.1) is 10.8 Å². The zero-order valence-electron chi connectivity index (χ0n) is 16.7. The number of carbonyl (C=O) groups excluding carboxylic acids is 2. The van der Waals surface area contributed by atoms with Crippen LogP contribution in [0.25, 0.3) is 0 Å². The highest BCUT2D eigenvalue weighted by molar-refractivity contribution is 5.86. The second-order valence-electron chi connectivity index (χ2n) is 8.79. The molecule has 0 bridgehead atoms. The van der Waals surface area contributed by atoms with E-state index in [2.05, 4.69) is 46.9 Å². The molecule has 0 aliphatic rings. The van der Waals surface area contributed by atoms with Crippen LogP contribution in [0.4, 0.5) is 0 Å². The van der Waals surface area contributed by atoms with Gasteiger partial charge in [-0.05, 0) is 17.3 Å². The van der Waals surface area contributed by atoms with Crippen molar-refractivity contribution in [1.82, 2.24) is 10.2 Å². The lowest BCUT2D eigenvalue weighted by Crippen LogP contribution is -2.48. The van der Waals surface area contributed by atoms with Crippen LogP contribution in [-0.4, -0.2) is 49.6 Å². The molecule has 140 valence electrons. The Morgan fingerprint density at radius 3 is 2.12 bits per heavy atom. The van der Waals surface area contributed by atoms with Crippen LogP contribution in [0.15, 0.2) is 12.2 Å². The fourth-order valence-electron chi connectivity index (χ4n) is 2.26. The van der Waals surface area contributed by atoms with E-state index in [0.717, 1.165) is 0 Å². The molecule has 0 heterocycles. The average molecular weight is 341 g/mol. The second-order valence-corrected chi connectivity index (χ2v) is 8.79. The van der Waals surface area contributed by atoms with Gasteiger partial charge in [-0.25, -0.2) is 0 Å². The molecule has 0 radical (unpaired) electrons. The van der Waals surface area contributed by atoms with Crippen molar-refractivity contribution in [3.8, 4) is 0 Å². The van der Waals surface area contributed by atoms with Gasteiger partial charge >= 0.3 is 0 Å². The van der Waals surface area contributed by atoms with Crippen molar-refractivity contribution in [2.24, 2.45) is 10.8 Å². The zero-order valence-corrected chi connectivity index (χ0v) is 16.7. The SMILES string of the molecule is CC(=O)N[C@@H](C/C=C/COCC(C)(C)C)C(=O)N(C)CC(C)(C)C. The Bertz CT molecular complexity index is 431. The van der Waals surface area contributed by atoms with E-state index in [0.29, 0.717) is 26.2 Å². The van der Waals surface area contributed by atoms with Crippen LogP contribution in [0.2, 0.25) is 0 Å². The summed E-state index contributed by atoms with van der Waals surface area (Å²) in [4.78, 5) is 25.6. The standard InChI is InChI=1S/C19H36N2O3/c1-15(22)20-16(17(23)21(8)13-18(2,3)4)11-9-10-12-24-14-19(5,6)7/h9-10,16H,11-14H2,1-8H3,(H,20,22)/b10-9+/t16-/m0/s1. The lowest BCUT2D eigenvalue weighted by atomic mass is 9.96. The first kappa shape index (κ1) is 22.6. The fourth-order valence-corrected chi connectivity index (χ4v) is 2.26. The highest BCUT2D eigenvalue weighted by Gasteiger charge is 2.24. The summed E-state index contributed by atoms with van der Waals surface area (Å²) >= 11 is 0. The first-order valence-electron chi connectivity index (χ1n) is 8.57. The van der Waals surface area contributed by atoms with Crippen LogP contribution in [0.3, 0.4) is 0 Å². The molecule has 0 aromatic heterocycles. The highest BCUT2D eigenvalue weighted by Crippen LogP contribution is 2.15. The number of carbonyl (C=O) groups is 2. The van der Waals surface area contributed by atoms with Crippen molar-refractivity contribution in [3.05, 3.63) is 12.2 Å². The van der Waals surface area contributed by atoms with E-state index in [9.17, 15) is 9.59 Å². The summed E-state index contributed by atoms with van der Waals surface area (Å²) in [5.41, 5.74) is 0.153. The van der Waals surface area contributed by atoms with Crippen molar-refractivity contribution in [2.75, 3.05) is 26.8 Å². The van der Waals surface area contributed by atoms with Gasteiger partial charge in [0.2, 0.25) is 11.8 Å². The maximum Gasteiger partial charge on any atom is 0.245 e. The minimum Gasteiger partial charge on any atom is -0.377 e. The van der Waals surface area contributed by atoms with Gasteiger partial charge in [0.25, 0.3) is 0 Å². The minimum absolute atomic E-state index is 0.0157. The highest BCUT2D eigenvalue weighted by atomic mass is 16.5. The number of likely N-dealkylation sites (N-methyl/N-ethyl adjacent to an activating group) is 1. The maximum atomic E-state index is 12.6. The summed E-state index contributed by atoms with van der Waals surface area (Å²) in [6, 6.07) is -0.534. The molecule has 0 aromatic carbocycles. The van der Waals surface area contributed by atoms with E-state index < -0.39 is 6.04 Å². The van der Waals surface area contributed by atoms with E-state index >= 15 is 0 Å². The molecule has 0 saturated heterocycles. The largest absolute Gasteiger partial charge is 0.377 e. The van der Waals surface area contributed by atoms with E-state index in [1.165, 1.54) is 6.92 Å². The zero-order chi connectivity index (χ0) is 19.0. The van der Waals surface area contributed by atoms with Gasteiger partial charge in [-0.1, -0.05) is 53.7 Å². The topological polar surface area (TPSA) is 58.6 Å². The molecule has 0 aliphatic heterocycles. The Morgan fingerprint density at radius 2 is 1.67 bits per heavy atom. The average Bonchev–Trinajstić information content (AvgIpc) is 2.36. The quantitative estimate of drug-likeness (QED) is 0.546. The van der Waals surface area contributed by atoms with Crippen LogP contribution in [0.5, 0.6) is 0 Å². The van der Waals surface area contributed by atoms with Crippen LogP contribution >= 0.6 is 0 Å². The van der Waals surface area contributed by atoms with Gasteiger partial charge in [0.15, 0.2) is 0 Å². The molecular weight excluding hydrogens is 304 g/mol. The molecule has 5 heteroatoms. The smallest absolute Gasteiger partial charge is 0.245 e. The number of ether oxygens (including phenoxy) is 1. The third-order valence-corrected chi connectivity index (χ3v) is 3.05. The normalized spacial score (nSPS) is 13.8. The number of nitrogens with zero attached hydrogens (tertiary/aromatic N) is 1. The van der Waals surface area contributed by atoms with Gasteiger partial charge < -0.3 is 15.0 Å². The molecular formula is C19H36N2O3. The Balaban J connectivity index is 4.56. The van der Waals surface area contributed by atoms with Gasteiger partial charge in [-0.3, -0.25) is 9.59 Å². The molecule has 1 atom stereocenters. The third-order valence-electron chi connectivity index (χ3n) is 3.05. The molecule has 24 heavy (non-hydrogen) atoms. The van der Waals surface area contributed by atoms with Gasteiger partial charge in [-0.15, -0.1) is 0 Å². The number of amides is 2. The molecule has 0 rings (SSSR count). The van der Waals surface area contributed by atoms with E-state index in [1.54, 1.807) is 11.9 Å². The summed E-state index contributed by atoms with van der Waals surface area (Å²) in [6.45, 7) is 15.9. The molecule has 2 amide bonds. The minimum atomic E-state index is -0.534. The van der Waals surface area contributed by atoms with Gasteiger partial charge in [-0.2, -0.15) is 0 Å². The lowest BCUT2D eigenvalue weighted by Gasteiger charge is -2.29. The summed E-state index contributed by atoms with van der Waals surface area (Å²) in [5, 5.41) is 2.74. The Kier molecular flexibility index (Phi) is 9.26. The van der Waals surface area contributed by atoms with E-state index in [-0.39, 0.29) is 22.6 Å². The molecule has 1 N–H and O–H groups in total. The fraction of sp³-hybridized carbons (Fsp3) is 0.789. The van der Waals surface area contributed by atoms with Crippen LogP contribution in [0.1, 0.15) is 54.9 Å². The number of hydrogen-bond donors (Lipinski definition) is 1. The summed E-state index contributed by atoms with van der Waals surface area (Å²) in [7, 11) is 1.78. The first-order chi connectivity index (χ1) is 10.8. The Hall–Kier alpha value is -1.36. The van der Waals surface area contributed by atoms with Crippen molar-refractivity contribution < 1.29 is 14.3 Å². The van der Waals surface area contributed by atoms with Gasteiger partial charge in [0, 0.05) is 20.5 Å². The molecule has 0 spiro atoms. The van der Waals surface area contributed by atoms with E-state index in [1.807, 2.05) is 12.2 Å². The molecule has 5 nitrogen and oxygen atoms in total. The first-order valence-corrected chi connectivity index (χ1v) is 8.57.